The number of hydrogen-bond acceptors (Lipinski definition) is 6. The highest BCUT2D eigenvalue weighted by atomic mass is 16.5. The lowest BCUT2D eigenvalue weighted by Crippen LogP contribution is -1.97. The van der Waals surface area contributed by atoms with Gasteiger partial charge in [-0.15, -0.1) is 0 Å². The molecule has 6 heteroatoms. The molecule has 0 saturated carbocycles. The Morgan fingerprint density at radius 2 is 0.444 bits per heavy atom. The van der Waals surface area contributed by atoms with E-state index in [9.17, 15) is 0 Å². The smallest absolute Gasteiger partial charge is 0.119 e. The number of unbranched alkanes of at least 4 members (excludes halogenated alkanes) is 9. The van der Waals surface area contributed by atoms with Crippen molar-refractivity contribution in [1.82, 2.24) is 15.0 Å². The van der Waals surface area contributed by atoms with Crippen molar-refractivity contribution in [3.05, 3.63) is 251 Å². The van der Waals surface area contributed by atoms with E-state index in [1.165, 1.54) is 161 Å². The number of aryl methyl sites for hydroxylation is 9. The van der Waals surface area contributed by atoms with Crippen LogP contribution in [-0.2, 0) is 57.8 Å². The van der Waals surface area contributed by atoms with Crippen LogP contribution in [0.3, 0.4) is 0 Å². The zero-order valence-electron chi connectivity index (χ0n) is 55.7. The zero-order chi connectivity index (χ0) is 63.1. The van der Waals surface area contributed by atoms with Crippen LogP contribution in [0.5, 0.6) is 17.2 Å². The predicted octanol–water partition coefficient (Wildman–Crippen LogP) is 22.3. The molecule has 0 N–H and O–H groups in total. The number of aromatic nitrogens is 3. The second kappa shape index (κ2) is 41.5. The maximum atomic E-state index is 5.89. The highest BCUT2D eigenvalue weighted by molar-refractivity contribution is 5.66. The first-order valence-corrected chi connectivity index (χ1v) is 34.6. The highest BCUT2D eigenvalue weighted by Crippen LogP contribution is 2.27. The van der Waals surface area contributed by atoms with E-state index in [4.69, 9.17) is 14.2 Å². The van der Waals surface area contributed by atoms with Gasteiger partial charge in [0.15, 0.2) is 0 Å². The normalized spacial score (nSPS) is 10.9. The van der Waals surface area contributed by atoms with Crippen molar-refractivity contribution in [2.45, 2.75) is 196 Å². The molecule has 6 nitrogen and oxygen atoms in total. The fraction of sp³-hybridized carbons (Fsp3) is 0.393. The Morgan fingerprint density at radius 1 is 0.211 bits per heavy atom. The fourth-order valence-corrected chi connectivity index (χ4v) is 10.9. The van der Waals surface area contributed by atoms with Gasteiger partial charge in [0, 0.05) is 35.7 Å². The van der Waals surface area contributed by atoms with Gasteiger partial charge in [0.05, 0.1) is 19.8 Å². The Balaban J connectivity index is 0.000000192. The van der Waals surface area contributed by atoms with Gasteiger partial charge in [0.25, 0.3) is 0 Å². The first kappa shape index (κ1) is 69.6. The number of ether oxygens (including phenoxy) is 3. The third-order valence-electron chi connectivity index (χ3n) is 16.5. The second-order valence-electron chi connectivity index (χ2n) is 24.1. The summed E-state index contributed by atoms with van der Waals surface area (Å²) in [7, 11) is 0. The Bertz CT molecular complexity index is 3270. The SMILES string of the molecule is CCCCCCCOc1ccc(-c2ccc(CCc3ccc(CCC)cn3)cc2)cc1.CCCCCCOc1ccc(-c2ccc(CCc3ccc(CCC)cn3)cc2)cc1.CCCCCOc1ccc(-c2ccc(CCc3ccc(CCC)cn3)cc2)cc1. The molecular weight excluding hydrogens is 1100 g/mol. The fourth-order valence-electron chi connectivity index (χ4n) is 10.9. The van der Waals surface area contributed by atoms with Crippen LogP contribution in [0.25, 0.3) is 33.4 Å². The molecule has 0 aliphatic rings. The van der Waals surface area contributed by atoms with E-state index in [2.05, 4.69) is 238 Å². The number of hydrogen-bond donors (Lipinski definition) is 0. The lowest BCUT2D eigenvalue weighted by molar-refractivity contribution is 0.304. The number of nitrogens with zero attached hydrogens (tertiary/aromatic N) is 3. The molecule has 474 valence electrons. The lowest BCUT2D eigenvalue weighted by Gasteiger charge is -2.08. The van der Waals surface area contributed by atoms with E-state index in [0.29, 0.717) is 0 Å². The van der Waals surface area contributed by atoms with Gasteiger partial charge in [-0.05, 0) is 198 Å². The van der Waals surface area contributed by atoms with Crippen molar-refractivity contribution in [3.8, 4) is 50.6 Å². The quantitative estimate of drug-likeness (QED) is 0.0365. The average Bonchev–Trinajstić information content (AvgIpc) is 2.06. The van der Waals surface area contributed by atoms with Crippen molar-refractivity contribution in [1.29, 1.82) is 0 Å². The maximum absolute atomic E-state index is 5.89. The molecule has 0 radical (unpaired) electrons. The molecule has 3 heterocycles. The highest BCUT2D eigenvalue weighted by Gasteiger charge is 2.07. The van der Waals surface area contributed by atoms with Crippen molar-refractivity contribution in [2.24, 2.45) is 0 Å². The van der Waals surface area contributed by atoms with Crippen LogP contribution in [0, 0.1) is 0 Å². The van der Waals surface area contributed by atoms with Gasteiger partial charge < -0.3 is 14.2 Å². The standard InChI is InChI=1S/C29H37NO.C28H35NO.C27H33NO/c1-3-5-6-7-8-22-31-29-20-16-27(17-21-29)26-14-10-24(11-15-26)12-18-28-19-13-25(9-4-2)23-30-28;1-3-5-6-7-21-30-28-19-15-26(16-20-28)25-13-9-23(10-14-25)11-17-27-18-12-24(8-4-2)22-29-27;1-3-5-6-20-29-27-18-14-25(15-19-27)24-12-8-22(9-13-24)10-16-26-17-11-23(7-4-2)21-28-26/h10-11,13-17,19-21,23H,3-9,12,18,22H2,1-2H3;9-10,12-16,18-20,22H,3-8,11,17,21H2,1-2H3;8-9,11-15,17-19,21H,3-7,10,16,20H2,1-2H3. The topological polar surface area (TPSA) is 66.4 Å². The molecular formula is C84H105N3O3. The van der Waals surface area contributed by atoms with E-state index >= 15 is 0 Å². The molecule has 0 atom stereocenters. The van der Waals surface area contributed by atoms with Gasteiger partial charge in [-0.1, -0.05) is 246 Å². The van der Waals surface area contributed by atoms with Crippen molar-refractivity contribution in [3.63, 3.8) is 0 Å². The first-order chi connectivity index (χ1) is 44.3. The summed E-state index contributed by atoms with van der Waals surface area (Å²) in [6, 6.07) is 65.3. The van der Waals surface area contributed by atoms with Gasteiger partial charge in [-0.25, -0.2) is 0 Å². The number of benzene rings is 6. The molecule has 0 unspecified atom stereocenters. The van der Waals surface area contributed by atoms with E-state index in [-0.39, 0.29) is 0 Å². The van der Waals surface area contributed by atoms with E-state index in [0.717, 1.165) is 114 Å². The van der Waals surface area contributed by atoms with Gasteiger partial charge >= 0.3 is 0 Å². The molecule has 0 aliphatic carbocycles. The summed E-state index contributed by atoms with van der Waals surface area (Å²) in [6.07, 6.45) is 33.8. The third kappa shape index (κ3) is 25.9. The zero-order valence-corrected chi connectivity index (χ0v) is 55.7. The van der Waals surface area contributed by atoms with Crippen LogP contribution in [0.2, 0.25) is 0 Å². The van der Waals surface area contributed by atoms with E-state index in [1.54, 1.807) is 0 Å². The van der Waals surface area contributed by atoms with Crippen LogP contribution in [-0.4, -0.2) is 34.8 Å². The molecule has 0 spiro atoms. The molecule has 0 aliphatic heterocycles. The largest absolute Gasteiger partial charge is 0.494 e. The van der Waals surface area contributed by atoms with Crippen LogP contribution in [0.4, 0.5) is 0 Å². The summed E-state index contributed by atoms with van der Waals surface area (Å²) in [5.74, 6) is 2.89. The molecule has 3 aromatic heterocycles. The van der Waals surface area contributed by atoms with Gasteiger partial charge in [-0.2, -0.15) is 0 Å². The molecule has 90 heavy (non-hydrogen) atoms. The molecule has 9 rings (SSSR count). The number of rotatable bonds is 36. The van der Waals surface area contributed by atoms with Crippen molar-refractivity contribution >= 4 is 0 Å². The summed E-state index contributed by atoms with van der Waals surface area (Å²) in [4.78, 5) is 13.8. The summed E-state index contributed by atoms with van der Waals surface area (Å²) >= 11 is 0. The van der Waals surface area contributed by atoms with E-state index < -0.39 is 0 Å². The maximum Gasteiger partial charge on any atom is 0.119 e. The van der Waals surface area contributed by atoms with Gasteiger partial charge in [0.2, 0.25) is 0 Å². The third-order valence-corrected chi connectivity index (χ3v) is 16.5. The first-order valence-electron chi connectivity index (χ1n) is 34.6. The summed E-state index contributed by atoms with van der Waals surface area (Å²) in [5, 5.41) is 0. The van der Waals surface area contributed by atoms with Crippen LogP contribution >= 0.6 is 0 Å². The molecule has 0 fully saturated rings. The molecule has 0 saturated heterocycles. The molecule has 0 amide bonds. The molecule has 0 bridgehead atoms. The monoisotopic (exact) mass is 1200 g/mol. The Morgan fingerprint density at radius 3 is 0.700 bits per heavy atom. The molecule has 6 aromatic carbocycles. The molecule has 9 aromatic rings. The Kier molecular flexibility index (Phi) is 32.1. The summed E-state index contributed by atoms with van der Waals surface area (Å²) in [5.41, 5.74) is 19.0. The van der Waals surface area contributed by atoms with Crippen molar-refractivity contribution in [2.75, 3.05) is 19.8 Å². The van der Waals surface area contributed by atoms with Crippen LogP contribution in [0.1, 0.15) is 188 Å². The minimum absolute atomic E-state index is 0.804. The lowest BCUT2D eigenvalue weighted by atomic mass is 10.0. The minimum atomic E-state index is 0.804. The van der Waals surface area contributed by atoms with Gasteiger partial charge in [-0.3, -0.25) is 15.0 Å². The summed E-state index contributed by atoms with van der Waals surface area (Å²) < 4.78 is 17.5. The van der Waals surface area contributed by atoms with Gasteiger partial charge in [0.1, 0.15) is 17.2 Å². The summed E-state index contributed by atoms with van der Waals surface area (Å²) in [6.45, 7) is 15.7. The van der Waals surface area contributed by atoms with Crippen LogP contribution in [0.15, 0.2) is 201 Å². The van der Waals surface area contributed by atoms with Crippen molar-refractivity contribution < 1.29 is 14.2 Å². The Labute approximate surface area is 543 Å². The number of pyridine rings is 3. The second-order valence-corrected chi connectivity index (χ2v) is 24.1. The minimum Gasteiger partial charge on any atom is -0.494 e. The van der Waals surface area contributed by atoms with E-state index in [1.807, 2.05) is 18.6 Å². The Hall–Kier alpha value is -7.83. The average molecular weight is 1200 g/mol. The predicted molar refractivity (Wildman–Crippen MR) is 381 cm³/mol. The van der Waals surface area contributed by atoms with Crippen LogP contribution < -0.4 is 14.2 Å².